The van der Waals surface area contributed by atoms with Crippen molar-refractivity contribution in [1.82, 2.24) is 17.6 Å². The number of aromatic nitrogens is 4. The van der Waals surface area contributed by atoms with E-state index in [0.29, 0.717) is 208 Å². The first-order valence-electron chi connectivity index (χ1n) is 37.0. The van der Waals surface area contributed by atoms with E-state index in [4.69, 9.17) is 9.47 Å². The van der Waals surface area contributed by atoms with Crippen LogP contribution in [0.1, 0.15) is 16.7 Å². The third kappa shape index (κ3) is 7.45. The Kier molecular flexibility index (Phi) is 11.3. The molecule has 16 heteroatoms. The number of aryl methyl sites for hydroxylation is 3. The van der Waals surface area contributed by atoms with Crippen LogP contribution >= 0.6 is 0 Å². The second kappa shape index (κ2) is 20.7. The summed E-state index contributed by atoms with van der Waals surface area (Å²) in [6, 6.07) is 67.7. The van der Waals surface area contributed by atoms with Crippen LogP contribution in [-0.2, 0) is 0 Å². The zero-order chi connectivity index (χ0) is 75.8. The molecule has 526 valence electrons. The average molecular weight is 1460 g/mol. The average Bonchev–Trinajstić information content (AvgIpc) is 0.701. The van der Waals surface area contributed by atoms with Crippen LogP contribution < -0.4 is 63.8 Å². The normalized spacial score (nSPS) is 12.9. The van der Waals surface area contributed by atoms with Gasteiger partial charge < -0.3 is 27.1 Å². The number of para-hydroxylation sites is 8. The van der Waals surface area contributed by atoms with Gasteiger partial charge in [-0.05, 0) is 234 Å². The predicted molar refractivity (Wildman–Crippen MR) is 450 cm³/mol. The fourth-order valence-electron chi connectivity index (χ4n) is 19.8. The lowest BCUT2D eigenvalue weighted by Crippen LogP contribution is -2.19. The Labute approximate surface area is 629 Å². The molecule has 0 radical (unpaired) electrons. The van der Waals surface area contributed by atoms with Gasteiger partial charge in [0.15, 0.2) is 77.3 Å². The van der Waals surface area contributed by atoms with E-state index in [9.17, 15) is 47.9 Å². The zero-order valence-corrected chi connectivity index (χ0v) is 59.5. The third-order valence-corrected chi connectivity index (χ3v) is 24.5. The molecule has 0 unspecified atom stereocenters. The molecule has 0 saturated heterocycles. The first kappa shape index (κ1) is 61.6. The molecule has 0 atom stereocenters. The molecule has 26 rings (SSSR count). The molecule has 0 spiro atoms. The number of rotatable bonds is 4. The summed E-state index contributed by atoms with van der Waals surface area (Å²) in [7, 11) is 0. The van der Waals surface area contributed by atoms with Crippen LogP contribution in [-0.4, -0.2) is 17.6 Å². The molecule has 0 amide bonds. The molecule has 0 bridgehead atoms. The molecule has 0 N–H and O–H groups in total. The number of nitrogens with zero attached hydrogens (tertiary/aromatic N) is 4. The highest BCUT2D eigenvalue weighted by Gasteiger charge is 2.32. The minimum absolute atomic E-state index is 0.130. The van der Waals surface area contributed by atoms with Gasteiger partial charge in [-0.1, -0.05) is 72.8 Å². The smallest absolute Gasteiger partial charge is 0.197 e. The van der Waals surface area contributed by atoms with E-state index >= 15 is 0 Å². The van der Waals surface area contributed by atoms with E-state index < -0.39 is 0 Å². The van der Waals surface area contributed by atoms with E-state index in [1.165, 1.54) is 0 Å². The number of pyridine rings is 10. The van der Waals surface area contributed by atoms with Crippen LogP contribution in [0.5, 0.6) is 23.0 Å². The molecule has 24 aromatic rings. The number of ether oxygens (including phenoxy) is 2. The lowest BCUT2D eigenvalue weighted by molar-refractivity contribution is 0.486. The molecule has 0 saturated carbocycles. The van der Waals surface area contributed by atoms with Gasteiger partial charge >= 0.3 is 0 Å². The summed E-state index contributed by atoms with van der Waals surface area (Å²) in [5, 5.41) is 8.91. The molecule has 14 aromatic carbocycles. The molecule has 12 heterocycles. The van der Waals surface area contributed by atoms with Crippen molar-refractivity contribution in [1.29, 1.82) is 0 Å². The van der Waals surface area contributed by atoms with E-state index in [1.807, 2.05) is 123 Å². The first-order chi connectivity index (χ1) is 55.0. The van der Waals surface area contributed by atoms with E-state index in [2.05, 4.69) is 18.2 Å². The minimum atomic E-state index is -0.251. The quantitative estimate of drug-likeness (QED) is 0.119. The maximum absolute atomic E-state index is 14.3. The van der Waals surface area contributed by atoms with Crippen molar-refractivity contribution in [3.63, 3.8) is 0 Å². The van der Waals surface area contributed by atoms with Crippen molar-refractivity contribution in [2.75, 3.05) is 0 Å². The SMILES string of the molecule is Cc1cc(-c2cc3c(=O)c4cccc5c(=O)c6cccc7c(=O)c(c2)c3n(c54)c67)c(C)cc1-c1cc2c(=O)c3cccc4c(=O)c5cccc6c(=O)c(c1)c2n(c43)c56.Cc1cc(-c2cc3c4c(c2)c(=O)c2cccc5c(=O)c6cccc(c6n4c52)O3)cc(-c2cc3c4c(c2)c(=O)c2cccc5c(=O)c6cccc(c6n4c52)O3)c1. The van der Waals surface area contributed by atoms with Gasteiger partial charge in [0.2, 0.25) is 0 Å². The Bertz CT molecular complexity index is 8660. The van der Waals surface area contributed by atoms with Crippen molar-refractivity contribution < 1.29 is 9.47 Å². The summed E-state index contributed by atoms with van der Waals surface area (Å²) in [6.07, 6.45) is 0. The van der Waals surface area contributed by atoms with E-state index in [-0.39, 0.29) is 54.3 Å². The molecule has 0 aliphatic carbocycles. The Hall–Kier alpha value is -15.4. The fraction of sp³-hybridized carbons (Fsp3) is 0.0309. The molecule has 0 fully saturated rings. The maximum Gasteiger partial charge on any atom is 0.197 e. The topological polar surface area (TPSA) is 207 Å². The first-order valence-corrected chi connectivity index (χ1v) is 37.0. The Balaban J connectivity index is 0.000000128. The standard InChI is InChI=1S/C50H24N2O6.C47H22N2O6/c1-21-15-34(24-19-37-44-38(20-24)50(58)32-14-6-10-28-42(32)52(44)41-27(46(28)54)9-5-13-31(41)49(37)57)22(2)16-33(21)23-17-35-43-36(18-23)48(56)30-12-4-8-26-40(30)51(43)39-25(45(26)53)7-3-11-29(39)47(35)55;1-21-14-22(24-17-32-42-36(19-24)54-34-12-4-10-30-40(34)48(42)38-26(44(30)50)6-2-8-28(38)46(32)52)16-23(15-21)25-18-33-43-37(20-25)55-35-13-5-11-31-41(35)49(43)39-27(45(31)51)7-3-9-29(39)47(33)53/h3-20H,1-2H3;2-20H,1H3. The van der Waals surface area contributed by atoms with Gasteiger partial charge in [0.1, 0.15) is 22.1 Å². The van der Waals surface area contributed by atoms with Crippen molar-refractivity contribution in [2.45, 2.75) is 20.8 Å². The number of hydrogen-bond acceptors (Lipinski definition) is 12. The van der Waals surface area contributed by atoms with Crippen molar-refractivity contribution >= 4 is 174 Å². The van der Waals surface area contributed by atoms with Crippen LogP contribution in [0.2, 0.25) is 0 Å². The molecule has 2 aliphatic rings. The second-order valence-electron chi connectivity index (χ2n) is 30.5. The number of benzene rings is 14. The van der Waals surface area contributed by atoms with Crippen LogP contribution in [0.15, 0.2) is 272 Å². The molecule has 2 aliphatic heterocycles. The molecular formula is C97H46N4O12. The largest absolute Gasteiger partial charge is 0.453 e. The van der Waals surface area contributed by atoms with Gasteiger partial charge in [-0.15, -0.1) is 0 Å². The summed E-state index contributed by atoms with van der Waals surface area (Å²) in [5.41, 5.74) is 13.8. The van der Waals surface area contributed by atoms with E-state index in [1.54, 1.807) is 121 Å². The molecule has 113 heavy (non-hydrogen) atoms. The van der Waals surface area contributed by atoms with Gasteiger partial charge in [0.25, 0.3) is 0 Å². The lowest BCUT2D eigenvalue weighted by Gasteiger charge is -2.24. The lowest BCUT2D eigenvalue weighted by atomic mass is 9.88. The molecular weight excluding hydrogens is 1410 g/mol. The van der Waals surface area contributed by atoms with Crippen LogP contribution in [0.25, 0.3) is 218 Å². The van der Waals surface area contributed by atoms with Crippen LogP contribution in [0, 0.1) is 20.8 Å². The van der Waals surface area contributed by atoms with E-state index in [0.717, 1.165) is 50.1 Å². The maximum atomic E-state index is 14.3. The predicted octanol–water partition coefficient (Wildman–Crippen LogP) is 17.4. The Morgan fingerprint density at radius 2 is 0.381 bits per heavy atom. The highest BCUT2D eigenvalue weighted by Crippen LogP contribution is 2.48. The van der Waals surface area contributed by atoms with Gasteiger partial charge in [-0.25, -0.2) is 0 Å². The highest BCUT2D eigenvalue weighted by molar-refractivity contribution is 6.21. The van der Waals surface area contributed by atoms with Gasteiger partial charge in [-0.3, -0.25) is 47.9 Å². The summed E-state index contributed by atoms with van der Waals surface area (Å²) >= 11 is 0. The van der Waals surface area contributed by atoms with Gasteiger partial charge in [0, 0.05) is 86.2 Å². The van der Waals surface area contributed by atoms with Gasteiger partial charge in [0.05, 0.1) is 65.7 Å². The third-order valence-electron chi connectivity index (χ3n) is 24.5. The zero-order valence-electron chi connectivity index (χ0n) is 59.5. The van der Waals surface area contributed by atoms with Gasteiger partial charge in [-0.2, -0.15) is 0 Å². The summed E-state index contributed by atoms with van der Waals surface area (Å²) in [6.45, 7) is 5.94. The highest BCUT2D eigenvalue weighted by atomic mass is 16.5. The summed E-state index contributed by atoms with van der Waals surface area (Å²) in [5.74, 6) is 2.15. The Morgan fingerprint density at radius 1 is 0.186 bits per heavy atom. The summed E-state index contributed by atoms with van der Waals surface area (Å²) in [4.78, 5) is 141. The van der Waals surface area contributed by atoms with Crippen LogP contribution in [0.4, 0.5) is 0 Å². The minimum Gasteiger partial charge on any atom is -0.453 e. The summed E-state index contributed by atoms with van der Waals surface area (Å²) < 4.78 is 21.0. The number of hydrogen-bond donors (Lipinski definition) is 0. The van der Waals surface area contributed by atoms with Crippen molar-refractivity contribution in [2.24, 2.45) is 0 Å². The second-order valence-corrected chi connectivity index (χ2v) is 30.5. The monoisotopic (exact) mass is 1460 g/mol. The van der Waals surface area contributed by atoms with Crippen molar-refractivity contribution in [3.05, 3.63) is 343 Å². The van der Waals surface area contributed by atoms with Crippen molar-refractivity contribution in [3.8, 4) is 67.5 Å². The fourth-order valence-corrected chi connectivity index (χ4v) is 19.8. The Morgan fingerprint density at radius 3 is 0.655 bits per heavy atom. The molecule has 10 aromatic heterocycles. The van der Waals surface area contributed by atoms with Crippen LogP contribution in [0.3, 0.4) is 0 Å². The molecule has 16 nitrogen and oxygen atoms in total.